The van der Waals surface area contributed by atoms with E-state index in [1.807, 2.05) is 0 Å². The van der Waals surface area contributed by atoms with Crippen LogP contribution in [0.1, 0.15) is 27.7 Å². The summed E-state index contributed by atoms with van der Waals surface area (Å²) in [6, 6.07) is 3.60. The number of carbonyl (C=O) groups is 2. The molecule has 24 heavy (non-hydrogen) atoms. The number of aromatic nitrogens is 2. The van der Waals surface area contributed by atoms with Crippen molar-refractivity contribution >= 4 is 11.9 Å². The highest BCUT2D eigenvalue weighted by Crippen LogP contribution is 2.29. The van der Waals surface area contributed by atoms with Gasteiger partial charge in [0, 0.05) is 12.5 Å². The van der Waals surface area contributed by atoms with E-state index in [2.05, 4.69) is 15.5 Å². The Balaban J connectivity index is 1.80. The molecule has 1 aromatic carbocycles. The number of alkyl halides is 3. The van der Waals surface area contributed by atoms with Crippen molar-refractivity contribution in [3.05, 3.63) is 47.2 Å². The Bertz CT molecular complexity index is 726. The quantitative estimate of drug-likeness (QED) is 0.833. The van der Waals surface area contributed by atoms with Gasteiger partial charge in [0.05, 0.1) is 5.56 Å². The highest BCUT2D eigenvalue weighted by molar-refractivity contribution is 5.95. The second kappa shape index (κ2) is 7.11. The van der Waals surface area contributed by atoms with Gasteiger partial charge in [-0.15, -0.1) is 10.2 Å². The van der Waals surface area contributed by atoms with Gasteiger partial charge in [0.25, 0.3) is 11.8 Å². The topological polar surface area (TPSA) is 94.3 Å². The molecular formula is C14H12F3N3O4. The molecule has 0 radical (unpaired) electrons. The van der Waals surface area contributed by atoms with E-state index in [0.29, 0.717) is 5.89 Å². The van der Waals surface area contributed by atoms with Gasteiger partial charge < -0.3 is 14.5 Å². The largest absolute Gasteiger partial charge is 0.454 e. The Morgan fingerprint density at radius 1 is 1.21 bits per heavy atom. The molecule has 0 atom stereocenters. The molecule has 2 rings (SSSR count). The number of nitrogens with zero attached hydrogens (tertiary/aromatic N) is 2. The fourth-order valence-corrected chi connectivity index (χ4v) is 1.65. The minimum absolute atomic E-state index is 0.0108. The number of esters is 1. The molecule has 0 saturated heterocycles. The minimum atomic E-state index is -4.48. The van der Waals surface area contributed by atoms with Crippen LogP contribution in [-0.4, -0.2) is 28.6 Å². The van der Waals surface area contributed by atoms with Gasteiger partial charge in [-0.2, -0.15) is 13.2 Å². The molecule has 0 aliphatic rings. The molecule has 0 saturated carbocycles. The Labute approximate surface area is 133 Å². The number of halogens is 3. The zero-order chi connectivity index (χ0) is 17.7. The molecule has 1 aromatic heterocycles. The second-order valence-corrected chi connectivity index (χ2v) is 4.63. The van der Waals surface area contributed by atoms with Gasteiger partial charge in [-0.1, -0.05) is 0 Å². The van der Waals surface area contributed by atoms with Gasteiger partial charge in [0.2, 0.25) is 5.89 Å². The fraction of sp³-hybridized carbons (Fsp3) is 0.286. The molecule has 0 fully saturated rings. The lowest BCUT2D eigenvalue weighted by Crippen LogP contribution is -2.30. The molecule has 10 heteroatoms. The van der Waals surface area contributed by atoms with Gasteiger partial charge in [-0.3, -0.25) is 9.59 Å². The Hall–Kier alpha value is -2.91. The normalized spacial score (nSPS) is 11.2. The van der Waals surface area contributed by atoms with Crippen LogP contribution in [0.5, 0.6) is 0 Å². The highest BCUT2D eigenvalue weighted by atomic mass is 19.4. The average molecular weight is 343 g/mol. The minimum Gasteiger partial charge on any atom is -0.454 e. The first-order chi connectivity index (χ1) is 11.3. The maximum Gasteiger partial charge on any atom is 0.416 e. The summed E-state index contributed by atoms with van der Waals surface area (Å²) in [5, 5.41) is 9.40. The van der Waals surface area contributed by atoms with E-state index in [-0.39, 0.29) is 18.1 Å². The summed E-state index contributed by atoms with van der Waals surface area (Å²) in [6.45, 7) is 0.880. The standard InChI is InChI=1S/C14H12F3N3O4/c1-8-19-20-11(24-8)7-23-12(21)6-18-13(22)9-2-4-10(5-3-9)14(15,16)17/h2-5H,6-7H2,1H3,(H,18,22). The summed E-state index contributed by atoms with van der Waals surface area (Å²) >= 11 is 0. The maximum absolute atomic E-state index is 12.4. The summed E-state index contributed by atoms with van der Waals surface area (Å²) in [5.41, 5.74) is -0.878. The molecule has 1 N–H and O–H groups in total. The van der Waals surface area contributed by atoms with Crippen LogP contribution in [0.25, 0.3) is 0 Å². The van der Waals surface area contributed by atoms with Gasteiger partial charge in [-0.25, -0.2) is 0 Å². The summed E-state index contributed by atoms with van der Waals surface area (Å²) < 4.78 is 47.0. The van der Waals surface area contributed by atoms with Crippen LogP contribution in [-0.2, 0) is 22.3 Å². The van der Waals surface area contributed by atoms with Gasteiger partial charge in [0.1, 0.15) is 6.54 Å². The van der Waals surface area contributed by atoms with E-state index in [1.165, 1.54) is 0 Å². The van der Waals surface area contributed by atoms with Crippen LogP contribution in [0.2, 0.25) is 0 Å². The summed E-state index contributed by atoms with van der Waals surface area (Å²) in [5.74, 6) is -1.04. The van der Waals surface area contributed by atoms with Gasteiger partial charge >= 0.3 is 12.1 Å². The fourth-order valence-electron chi connectivity index (χ4n) is 1.65. The molecule has 1 heterocycles. The molecule has 0 aliphatic carbocycles. The zero-order valence-electron chi connectivity index (χ0n) is 12.4. The monoisotopic (exact) mass is 343 g/mol. The van der Waals surface area contributed by atoms with Crippen molar-refractivity contribution in [3.8, 4) is 0 Å². The lowest BCUT2D eigenvalue weighted by atomic mass is 10.1. The van der Waals surface area contributed by atoms with E-state index < -0.39 is 30.2 Å². The van der Waals surface area contributed by atoms with Crippen molar-refractivity contribution in [1.82, 2.24) is 15.5 Å². The summed E-state index contributed by atoms with van der Waals surface area (Å²) in [6.07, 6.45) is -4.48. The molecule has 1 amide bonds. The number of rotatable bonds is 5. The molecule has 7 nitrogen and oxygen atoms in total. The van der Waals surface area contributed by atoms with Crippen molar-refractivity contribution in [2.24, 2.45) is 0 Å². The number of benzene rings is 1. The van der Waals surface area contributed by atoms with E-state index in [0.717, 1.165) is 24.3 Å². The van der Waals surface area contributed by atoms with Gasteiger partial charge in [-0.05, 0) is 24.3 Å². The molecule has 2 aromatic rings. The van der Waals surface area contributed by atoms with E-state index in [4.69, 9.17) is 9.15 Å². The van der Waals surface area contributed by atoms with Crippen LogP contribution in [0.15, 0.2) is 28.7 Å². The number of aryl methyl sites for hydroxylation is 1. The first-order valence-electron chi connectivity index (χ1n) is 6.66. The second-order valence-electron chi connectivity index (χ2n) is 4.63. The number of hydrogen-bond acceptors (Lipinski definition) is 6. The molecule has 0 bridgehead atoms. The number of carbonyl (C=O) groups excluding carboxylic acids is 2. The smallest absolute Gasteiger partial charge is 0.416 e. The lowest BCUT2D eigenvalue weighted by molar-refractivity contribution is -0.144. The van der Waals surface area contributed by atoms with Crippen LogP contribution in [0.3, 0.4) is 0 Å². The third-order valence-electron chi connectivity index (χ3n) is 2.79. The first kappa shape index (κ1) is 17.4. The summed E-state index contributed by atoms with van der Waals surface area (Å²) in [7, 11) is 0. The van der Waals surface area contributed by atoms with Crippen LogP contribution >= 0.6 is 0 Å². The SMILES string of the molecule is Cc1nnc(COC(=O)CNC(=O)c2ccc(C(F)(F)F)cc2)o1. The Morgan fingerprint density at radius 3 is 2.42 bits per heavy atom. The van der Waals surface area contributed by atoms with Crippen molar-refractivity contribution in [1.29, 1.82) is 0 Å². The van der Waals surface area contributed by atoms with Gasteiger partial charge in [0.15, 0.2) is 6.61 Å². The predicted octanol–water partition coefficient (Wildman–Crippen LogP) is 1.87. The van der Waals surface area contributed by atoms with Crippen LogP contribution in [0, 0.1) is 6.92 Å². The predicted molar refractivity (Wildman–Crippen MR) is 72.6 cm³/mol. The van der Waals surface area contributed by atoms with E-state index >= 15 is 0 Å². The number of nitrogens with one attached hydrogen (secondary N) is 1. The molecule has 0 spiro atoms. The van der Waals surface area contributed by atoms with Crippen molar-refractivity contribution in [3.63, 3.8) is 0 Å². The van der Waals surface area contributed by atoms with Crippen molar-refractivity contribution < 1.29 is 31.9 Å². The van der Waals surface area contributed by atoms with Crippen LogP contribution in [0.4, 0.5) is 13.2 Å². The van der Waals surface area contributed by atoms with E-state index in [1.54, 1.807) is 6.92 Å². The van der Waals surface area contributed by atoms with Crippen molar-refractivity contribution in [2.45, 2.75) is 19.7 Å². The number of ether oxygens (including phenoxy) is 1. The Kier molecular flexibility index (Phi) is 5.17. The lowest BCUT2D eigenvalue weighted by Gasteiger charge is -2.08. The highest BCUT2D eigenvalue weighted by Gasteiger charge is 2.30. The summed E-state index contributed by atoms with van der Waals surface area (Å²) in [4.78, 5) is 23.2. The molecule has 0 aliphatic heterocycles. The maximum atomic E-state index is 12.4. The third kappa shape index (κ3) is 4.80. The molecule has 0 unspecified atom stereocenters. The van der Waals surface area contributed by atoms with E-state index in [9.17, 15) is 22.8 Å². The third-order valence-corrected chi connectivity index (χ3v) is 2.79. The molecule has 128 valence electrons. The number of hydrogen-bond donors (Lipinski definition) is 1. The molecular weight excluding hydrogens is 331 g/mol. The average Bonchev–Trinajstić information content (AvgIpc) is 2.95. The first-order valence-corrected chi connectivity index (χ1v) is 6.66. The van der Waals surface area contributed by atoms with Crippen molar-refractivity contribution in [2.75, 3.05) is 6.54 Å². The number of amides is 1. The zero-order valence-corrected chi connectivity index (χ0v) is 12.4. The van der Waals surface area contributed by atoms with Crippen LogP contribution < -0.4 is 5.32 Å². The Morgan fingerprint density at radius 2 is 1.88 bits per heavy atom.